The summed E-state index contributed by atoms with van der Waals surface area (Å²) in [5, 5.41) is 4.34. The van der Waals surface area contributed by atoms with Gasteiger partial charge in [-0.25, -0.2) is 9.67 Å². The van der Waals surface area contributed by atoms with E-state index in [1.165, 1.54) is 5.56 Å². The first kappa shape index (κ1) is 17.8. The molecule has 146 valence electrons. The van der Waals surface area contributed by atoms with Crippen LogP contribution in [0.3, 0.4) is 0 Å². The average molecular weight is 384 g/mol. The number of pyridine rings is 1. The maximum Gasteiger partial charge on any atom is 0.140 e. The number of rotatable bonds is 5. The van der Waals surface area contributed by atoms with Gasteiger partial charge in [-0.15, -0.1) is 0 Å². The van der Waals surface area contributed by atoms with Gasteiger partial charge in [0.2, 0.25) is 0 Å². The van der Waals surface area contributed by atoms with Gasteiger partial charge < -0.3 is 4.57 Å². The molecule has 1 aromatic carbocycles. The lowest BCUT2D eigenvalue weighted by Gasteiger charge is -2.33. The van der Waals surface area contributed by atoms with Gasteiger partial charge in [0.05, 0.1) is 5.69 Å². The first-order chi connectivity index (χ1) is 14.4. The van der Waals surface area contributed by atoms with Crippen LogP contribution in [0.5, 0.6) is 0 Å². The van der Waals surface area contributed by atoms with Gasteiger partial charge in [-0.05, 0) is 42.7 Å². The summed E-state index contributed by atoms with van der Waals surface area (Å²) in [6, 6.07) is 15.0. The fourth-order valence-electron chi connectivity index (χ4n) is 4.15. The Kier molecular flexibility index (Phi) is 4.92. The maximum atomic E-state index is 4.68. The average Bonchev–Trinajstić information content (AvgIpc) is 3.48. The van der Waals surface area contributed by atoms with Gasteiger partial charge in [-0.3, -0.25) is 9.88 Å². The molecule has 0 atom stereocenters. The van der Waals surface area contributed by atoms with Crippen molar-refractivity contribution in [1.29, 1.82) is 0 Å². The Balaban J connectivity index is 1.31. The van der Waals surface area contributed by atoms with Crippen LogP contribution in [0, 0.1) is 0 Å². The van der Waals surface area contributed by atoms with E-state index in [1.807, 2.05) is 41.6 Å². The Morgan fingerprint density at radius 3 is 2.66 bits per heavy atom. The molecule has 5 rings (SSSR count). The molecule has 0 amide bonds. The van der Waals surface area contributed by atoms with Crippen LogP contribution >= 0.6 is 0 Å². The van der Waals surface area contributed by atoms with E-state index in [1.54, 1.807) is 6.20 Å². The fraction of sp³-hybridized carbons (Fsp3) is 0.261. The lowest BCUT2D eigenvalue weighted by atomic mass is 10.0. The second-order valence-corrected chi connectivity index (χ2v) is 7.53. The van der Waals surface area contributed by atoms with Crippen LogP contribution in [0.15, 0.2) is 79.6 Å². The molecule has 29 heavy (non-hydrogen) atoms. The molecule has 1 saturated heterocycles. The Labute approximate surface area is 170 Å². The third-order valence-corrected chi connectivity index (χ3v) is 5.62. The monoisotopic (exact) mass is 384 g/mol. The van der Waals surface area contributed by atoms with Gasteiger partial charge in [0.25, 0.3) is 0 Å². The SMILES string of the molecule is c1cncc(CN2CCC(n3ccnc3-c3cccc(-n4cccn4)c3)CC2)c1. The van der Waals surface area contributed by atoms with Gasteiger partial charge in [-0.1, -0.05) is 18.2 Å². The highest BCUT2D eigenvalue weighted by Gasteiger charge is 2.22. The summed E-state index contributed by atoms with van der Waals surface area (Å²) < 4.78 is 4.23. The minimum Gasteiger partial charge on any atom is -0.328 e. The Hall–Kier alpha value is -3.25. The zero-order valence-corrected chi connectivity index (χ0v) is 16.3. The van der Waals surface area contributed by atoms with Crippen molar-refractivity contribution in [2.75, 3.05) is 13.1 Å². The van der Waals surface area contributed by atoms with Crippen LogP contribution in [-0.2, 0) is 6.54 Å². The molecule has 6 nitrogen and oxygen atoms in total. The van der Waals surface area contributed by atoms with E-state index in [4.69, 9.17) is 0 Å². The van der Waals surface area contributed by atoms with Crippen molar-refractivity contribution >= 4 is 0 Å². The molecule has 0 aliphatic carbocycles. The lowest BCUT2D eigenvalue weighted by molar-refractivity contribution is 0.180. The van der Waals surface area contributed by atoms with Crippen LogP contribution in [0.2, 0.25) is 0 Å². The lowest BCUT2D eigenvalue weighted by Crippen LogP contribution is -2.34. The zero-order chi connectivity index (χ0) is 19.5. The molecular weight excluding hydrogens is 360 g/mol. The van der Waals surface area contributed by atoms with Gasteiger partial charge in [0.15, 0.2) is 0 Å². The van der Waals surface area contributed by atoms with Gasteiger partial charge in [0.1, 0.15) is 5.82 Å². The largest absolute Gasteiger partial charge is 0.328 e. The summed E-state index contributed by atoms with van der Waals surface area (Å²) in [6.07, 6.45) is 13.8. The molecule has 1 aliphatic rings. The number of aromatic nitrogens is 5. The van der Waals surface area contributed by atoms with E-state index in [9.17, 15) is 0 Å². The topological polar surface area (TPSA) is 51.8 Å². The number of piperidine rings is 1. The first-order valence-electron chi connectivity index (χ1n) is 10.1. The van der Waals surface area contributed by atoms with E-state index in [0.29, 0.717) is 6.04 Å². The molecule has 6 heteroatoms. The minimum atomic E-state index is 0.478. The van der Waals surface area contributed by atoms with Crippen molar-refractivity contribution in [3.63, 3.8) is 0 Å². The van der Waals surface area contributed by atoms with Crippen molar-refractivity contribution in [3.8, 4) is 17.1 Å². The molecular formula is C23H24N6. The number of imidazole rings is 1. The van der Waals surface area contributed by atoms with Crippen LogP contribution in [0.25, 0.3) is 17.1 Å². The maximum absolute atomic E-state index is 4.68. The number of likely N-dealkylation sites (tertiary alicyclic amines) is 1. The summed E-state index contributed by atoms with van der Waals surface area (Å²) >= 11 is 0. The molecule has 0 N–H and O–H groups in total. The van der Waals surface area contributed by atoms with Crippen molar-refractivity contribution in [3.05, 3.63) is 85.2 Å². The first-order valence-corrected chi connectivity index (χ1v) is 10.1. The van der Waals surface area contributed by atoms with Crippen molar-refractivity contribution in [2.24, 2.45) is 0 Å². The molecule has 3 aromatic heterocycles. The van der Waals surface area contributed by atoms with E-state index in [-0.39, 0.29) is 0 Å². The standard InChI is InChI=1S/C23H24N6/c1-5-20(16-22(6-1)29-12-3-10-26-29)23-25-11-15-28(23)21-7-13-27(14-8-21)18-19-4-2-9-24-17-19/h1-6,9-12,15-17,21H,7-8,13-14,18H2. The van der Waals surface area contributed by atoms with E-state index >= 15 is 0 Å². The van der Waals surface area contributed by atoms with Gasteiger partial charge in [0, 0.05) is 68.4 Å². The molecule has 4 aromatic rings. The number of nitrogens with zero attached hydrogens (tertiary/aromatic N) is 6. The second kappa shape index (κ2) is 8.01. The number of benzene rings is 1. The smallest absolute Gasteiger partial charge is 0.140 e. The summed E-state index contributed by atoms with van der Waals surface area (Å²) in [5.41, 5.74) is 3.46. The number of hydrogen-bond acceptors (Lipinski definition) is 4. The quantitative estimate of drug-likeness (QED) is 0.522. The summed E-state index contributed by atoms with van der Waals surface area (Å²) in [5.74, 6) is 1.03. The summed E-state index contributed by atoms with van der Waals surface area (Å²) in [6.45, 7) is 3.15. The summed E-state index contributed by atoms with van der Waals surface area (Å²) in [7, 11) is 0. The van der Waals surface area contributed by atoms with Crippen LogP contribution < -0.4 is 0 Å². The zero-order valence-electron chi connectivity index (χ0n) is 16.3. The molecule has 0 unspecified atom stereocenters. The minimum absolute atomic E-state index is 0.478. The Morgan fingerprint density at radius 1 is 0.931 bits per heavy atom. The van der Waals surface area contributed by atoms with Crippen LogP contribution in [-0.4, -0.2) is 42.3 Å². The van der Waals surface area contributed by atoms with E-state index in [2.05, 4.69) is 61.1 Å². The normalized spacial score (nSPS) is 15.6. The predicted octanol–water partition coefficient (Wildman–Crippen LogP) is 3.97. The van der Waals surface area contributed by atoms with Gasteiger partial charge in [-0.2, -0.15) is 5.10 Å². The Morgan fingerprint density at radius 2 is 1.86 bits per heavy atom. The Bertz CT molecular complexity index is 1050. The fourth-order valence-corrected chi connectivity index (χ4v) is 4.15. The molecule has 1 fully saturated rings. The third kappa shape index (κ3) is 3.84. The summed E-state index contributed by atoms with van der Waals surface area (Å²) in [4.78, 5) is 11.4. The molecule has 4 heterocycles. The van der Waals surface area contributed by atoms with E-state index in [0.717, 1.165) is 49.6 Å². The molecule has 0 spiro atoms. The predicted molar refractivity (Wildman–Crippen MR) is 113 cm³/mol. The highest BCUT2D eigenvalue weighted by molar-refractivity contribution is 5.59. The van der Waals surface area contributed by atoms with E-state index < -0.39 is 0 Å². The molecule has 0 radical (unpaired) electrons. The highest BCUT2D eigenvalue weighted by atomic mass is 15.3. The van der Waals surface area contributed by atoms with Crippen molar-refractivity contribution in [1.82, 2.24) is 29.2 Å². The molecule has 0 saturated carbocycles. The third-order valence-electron chi connectivity index (χ3n) is 5.62. The van der Waals surface area contributed by atoms with Crippen LogP contribution in [0.1, 0.15) is 24.4 Å². The molecule has 0 bridgehead atoms. The highest BCUT2D eigenvalue weighted by Crippen LogP contribution is 2.29. The molecule has 1 aliphatic heterocycles. The second-order valence-electron chi connectivity index (χ2n) is 7.53. The van der Waals surface area contributed by atoms with Crippen molar-refractivity contribution < 1.29 is 0 Å². The van der Waals surface area contributed by atoms with Crippen molar-refractivity contribution in [2.45, 2.75) is 25.4 Å². The van der Waals surface area contributed by atoms with Gasteiger partial charge >= 0.3 is 0 Å². The van der Waals surface area contributed by atoms with Crippen LogP contribution in [0.4, 0.5) is 0 Å². The number of hydrogen-bond donors (Lipinski definition) is 0.